The fourth-order valence-corrected chi connectivity index (χ4v) is 1.66. The van der Waals surface area contributed by atoms with Gasteiger partial charge in [0.15, 0.2) is 5.69 Å². The van der Waals surface area contributed by atoms with Crippen LogP contribution in [0.1, 0.15) is 16.1 Å². The molecule has 0 fully saturated rings. The summed E-state index contributed by atoms with van der Waals surface area (Å²) in [5.41, 5.74) is 3.41. The van der Waals surface area contributed by atoms with E-state index in [-0.39, 0.29) is 5.91 Å². The zero-order valence-electron chi connectivity index (χ0n) is 9.97. The SMILES string of the molecule is Cn1ccc(C(=O)N/N=C\c2ccc(Cl)c(Cl)c2)n1. The molecule has 7 heteroatoms. The molecule has 0 bridgehead atoms. The van der Waals surface area contributed by atoms with Gasteiger partial charge in [0, 0.05) is 13.2 Å². The highest BCUT2D eigenvalue weighted by atomic mass is 35.5. The molecule has 1 aromatic heterocycles. The Balaban J connectivity index is 2.00. The average Bonchev–Trinajstić information content (AvgIpc) is 2.80. The first kappa shape index (κ1) is 13.6. The van der Waals surface area contributed by atoms with Gasteiger partial charge in [-0.2, -0.15) is 10.2 Å². The first-order valence-electron chi connectivity index (χ1n) is 5.34. The number of nitrogens with zero attached hydrogens (tertiary/aromatic N) is 3. The van der Waals surface area contributed by atoms with Gasteiger partial charge in [-0.25, -0.2) is 5.43 Å². The lowest BCUT2D eigenvalue weighted by molar-refractivity contribution is 0.0949. The van der Waals surface area contributed by atoms with Gasteiger partial charge in [0.25, 0.3) is 5.91 Å². The zero-order chi connectivity index (χ0) is 13.8. The second-order valence-corrected chi connectivity index (χ2v) is 4.56. The highest BCUT2D eigenvalue weighted by Crippen LogP contribution is 2.21. The molecule has 1 amide bonds. The molecule has 2 rings (SSSR count). The van der Waals surface area contributed by atoms with Crippen molar-refractivity contribution in [3.63, 3.8) is 0 Å². The zero-order valence-corrected chi connectivity index (χ0v) is 11.5. The monoisotopic (exact) mass is 296 g/mol. The van der Waals surface area contributed by atoms with Crippen molar-refractivity contribution >= 4 is 35.3 Å². The minimum Gasteiger partial charge on any atom is -0.275 e. The van der Waals surface area contributed by atoms with Crippen molar-refractivity contribution in [2.75, 3.05) is 0 Å². The number of aromatic nitrogens is 2. The molecule has 5 nitrogen and oxygen atoms in total. The number of hydrogen-bond acceptors (Lipinski definition) is 3. The molecule has 1 aromatic carbocycles. The highest BCUT2D eigenvalue weighted by Gasteiger charge is 2.06. The lowest BCUT2D eigenvalue weighted by atomic mass is 10.2. The molecule has 0 atom stereocenters. The van der Waals surface area contributed by atoms with E-state index in [1.807, 2.05) is 0 Å². The smallest absolute Gasteiger partial charge is 0.275 e. The molecule has 1 N–H and O–H groups in total. The van der Waals surface area contributed by atoms with Crippen LogP contribution in [-0.2, 0) is 7.05 Å². The summed E-state index contributed by atoms with van der Waals surface area (Å²) >= 11 is 11.7. The number of carbonyl (C=O) groups is 1. The van der Waals surface area contributed by atoms with E-state index in [0.717, 1.165) is 5.56 Å². The van der Waals surface area contributed by atoms with Crippen LogP contribution >= 0.6 is 23.2 Å². The van der Waals surface area contributed by atoms with Crippen molar-refractivity contribution in [2.24, 2.45) is 12.1 Å². The fourth-order valence-electron chi connectivity index (χ4n) is 1.35. The van der Waals surface area contributed by atoms with E-state index >= 15 is 0 Å². The van der Waals surface area contributed by atoms with Gasteiger partial charge in [-0.05, 0) is 23.8 Å². The van der Waals surface area contributed by atoms with Crippen LogP contribution in [0.25, 0.3) is 0 Å². The van der Waals surface area contributed by atoms with Crippen LogP contribution in [0.5, 0.6) is 0 Å². The van der Waals surface area contributed by atoms with E-state index in [0.29, 0.717) is 15.7 Å². The van der Waals surface area contributed by atoms with Gasteiger partial charge in [-0.15, -0.1) is 0 Å². The van der Waals surface area contributed by atoms with Crippen molar-refractivity contribution < 1.29 is 4.79 Å². The maximum Gasteiger partial charge on any atom is 0.291 e. The van der Waals surface area contributed by atoms with Crippen molar-refractivity contribution in [1.29, 1.82) is 0 Å². The summed E-state index contributed by atoms with van der Waals surface area (Å²) in [6.07, 6.45) is 3.15. The molecule has 0 aliphatic rings. The Hall–Kier alpha value is -1.85. The molecule has 1 heterocycles. The topological polar surface area (TPSA) is 59.3 Å². The predicted octanol–water partition coefficient (Wildman–Crippen LogP) is 2.49. The summed E-state index contributed by atoms with van der Waals surface area (Å²) in [7, 11) is 1.73. The summed E-state index contributed by atoms with van der Waals surface area (Å²) in [6.45, 7) is 0. The Bertz CT molecular complexity index is 636. The Morgan fingerprint density at radius 1 is 1.37 bits per heavy atom. The van der Waals surface area contributed by atoms with E-state index in [9.17, 15) is 4.79 Å². The second kappa shape index (κ2) is 5.86. The number of amides is 1. The minimum atomic E-state index is -0.378. The van der Waals surface area contributed by atoms with Crippen molar-refractivity contribution in [1.82, 2.24) is 15.2 Å². The van der Waals surface area contributed by atoms with Crippen LogP contribution in [0.3, 0.4) is 0 Å². The third-order valence-electron chi connectivity index (χ3n) is 2.27. The Morgan fingerprint density at radius 2 is 2.16 bits per heavy atom. The molecule has 0 saturated heterocycles. The maximum absolute atomic E-state index is 11.6. The van der Waals surface area contributed by atoms with E-state index in [2.05, 4.69) is 15.6 Å². The molecule has 0 spiro atoms. The van der Waals surface area contributed by atoms with Crippen molar-refractivity contribution in [3.8, 4) is 0 Å². The van der Waals surface area contributed by atoms with Gasteiger partial charge in [-0.1, -0.05) is 29.3 Å². The fraction of sp³-hybridized carbons (Fsp3) is 0.0833. The number of halogens is 2. The summed E-state index contributed by atoms with van der Waals surface area (Å²) in [5, 5.41) is 8.68. The van der Waals surface area contributed by atoms with E-state index in [4.69, 9.17) is 23.2 Å². The molecular weight excluding hydrogens is 287 g/mol. The molecule has 19 heavy (non-hydrogen) atoms. The lowest BCUT2D eigenvalue weighted by Gasteiger charge is -1.98. The third kappa shape index (κ3) is 3.56. The lowest BCUT2D eigenvalue weighted by Crippen LogP contribution is -2.18. The number of nitrogens with one attached hydrogen (secondary N) is 1. The second-order valence-electron chi connectivity index (χ2n) is 3.75. The van der Waals surface area contributed by atoms with Gasteiger partial charge in [0.05, 0.1) is 16.3 Å². The minimum absolute atomic E-state index is 0.300. The van der Waals surface area contributed by atoms with Crippen LogP contribution < -0.4 is 5.43 Å². The molecular formula is C12H10Cl2N4O. The molecule has 2 aromatic rings. The van der Waals surface area contributed by atoms with Crippen LogP contribution in [0.15, 0.2) is 35.6 Å². The molecule has 0 saturated carbocycles. The number of hydrogen-bond donors (Lipinski definition) is 1. The summed E-state index contributed by atoms with van der Waals surface area (Å²) in [5.74, 6) is -0.378. The van der Waals surface area contributed by atoms with Gasteiger partial charge in [0.2, 0.25) is 0 Å². The van der Waals surface area contributed by atoms with Gasteiger partial charge >= 0.3 is 0 Å². The maximum atomic E-state index is 11.6. The van der Waals surface area contributed by atoms with E-state index < -0.39 is 0 Å². The van der Waals surface area contributed by atoms with Gasteiger partial charge in [-0.3, -0.25) is 9.48 Å². The summed E-state index contributed by atoms with van der Waals surface area (Å²) in [6, 6.07) is 6.65. The Morgan fingerprint density at radius 3 is 2.79 bits per heavy atom. The molecule has 0 radical (unpaired) electrons. The Kier molecular flexibility index (Phi) is 4.19. The largest absolute Gasteiger partial charge is 0.291 e. The average molecular weight is 297 g/mol. The normalized spacial score (nSPS) is 10.9. The number of benzene rings is 1. The van der Waals surface area contributed by atoms with Crippen molar-refractivity contribution in [2.45, 2.75) is 0 Å². The molecule has 0 unspecified atom stereocenters. The van der Waals surface area contributed by atoms with E-state index in [1.165, 1.54) is 10.9 Å². The van der Waals surface area contributed by atoms with Gasteiger partial charge < -0.3 is 0 Å². The van der Waals surface area contributed by atoms with Gasteiger partial charge in [0.1, 0.15) is 0 Å². The Labute approximate surface area is 119 Å². The molecule has 0 aliphatic carbocycles. The number of aryl methyl sites for hydroxylation is 1. The van der Waals surface area contributed by atoms with Crippen LogP contribution in [0.4, 0.5) is 0 Å². The van der Waals surface area contributed by atoms with Crippen molar-refractivity contribution in [3.05, 3.63) is 51.8 Å². The summed E-state index contributed by atoms with van der Waals surface area (Å²) in [4.78, 5) is 11.6. The molecule has 98 valence electrons. The van der Waals surface area contributed by atoms with Crippen LogP contribution in [0.2, 0.25) is 10.0 Å². The summed E-state index contributed by atoms with van der Waals surface area (Å²) < 4.78 is 1.54. The quantitative estimate of drug-likeness (QED) is 0.699. The predicted molar refractivity (Wildman–Crippen MR) is 74.7 cm³/mol. The number of hydrazone groups is 1. The standard InChI is InChI=1S/C12H10Cl2N4O/c1-18-5-4-11(17-18)12(19)16-15-7-8-2-3-9(13)10(14)6-8/h2-7H,1H3,(H,16,19)/b15-7-. The molecule has 0 aliphatic heterocycles. The van der Waals surface area contributed by atoms with Crippen LogP contribution in [0, 0.1) is 0 Å². The third-order valence-corrected chi connectivity index (χ3v) is 3.01. The number of carbonyl (C=O) groups excluding carboxylic acids is 1. The first-order valence-corrected chi connectivity index (χ1v) is 6.10. The van der Waals surface area contributed by atoms with E-state index in [1.54, 1.807) is 37.5 Å². The van der Waals surface area contributed by atoms with Crippen LogP contribution in [-0.4, -0.2) is 21.9 Å². The number of rotatable bonds is 3. The first-order chi connectivity index (χ1) is 9.06. The highest BCUT2D eigenvalue weighted by molar-refractivity contribution is 6.42.